The summed E-state index contributed by atoms with van der Waals surface area (Å²) in [4.78, 5) is 10.4. The molecule has 1 aliphatic heterocycles. The van der Waals surface area contributed by atoms with Crippen molar-refractivity contribution in [3.8, 4) is 28.4 Å². The number of benzene rings is 3. The highest BCUT2D eigenvalue weighted by molar-refractivity contribution is 7.89. The molecule has 0 spiro atoms. The van der Waals surface area contributed by atoms with Crippen LogP contribution < -0.4 is 9.47 Å². The fourth-order valence-electron chi connectivity index (χ4n) is 5.04. The highest BCUT2D eigenvalue weighted by atomic mass is 32.2. The van der Waals surface area contributed by atoms with Crippen LogP contribution in [0, 0.1) is 5.92 Å². The molecule has 0 saturated carbocycles. The van der Waals surface area contributed by atoms with Crippen LogP contribution in [-0.4, -0.2) is 71.6 Å². The van der Waals surface area contributed by atoms with Crippen LogP contribution in [0.15, 0.2) is 96.4 Å². The van der Waals surface area contributed by atoms with E-state index < -0.39 is 16.1 Å². The Balaban J connectivity index is 1.38. The first-order valence-corrected chi connectivity index (χ1v) is 15.4. The number of likely N-dealkylation sites (N-methyl/N-ethyl adjacent to an activating group) is 1. The molecule has 9 nitrogen and oxygen atoms in total. The second-order valence-corrected chi connectivity index (χ2v) is 12.6. The molecule has 1 N–H and O–H groups in total. The van der Waals surface area contributed by atoms with Crippen molar-refractivity contribution < 1.29 is 23.0 Å². The molecule has 1 aliphatic rings. The third-order valence-electron chi connectivity index (χ3n) is 7.41. The molecule has 4 aromatic rings. The van der Waals surface area contributed by atoms with Crippen molar-refractivity contribution in [2.24, 2.45) is 5.92 Å². The molecule has 2 heterocycles. The second kappa shape index (κ2) is 13.0. The molecule has 0 fully saturated rings. The minimum Gasteiger partial charge on any atom is -0.487 e. The van der Waals surface area contributed by atoms with Gasteiger partial charge < -0.3 is 14.6 Å². The van der Waals surface area contributed by atoms with E-state index in [0.29, 0.717) is 13.1 Å². The number of para-hydroxylation sites is 1. The van der Waals surface area contributed by atoms with Crippen molar-refractivity contribution in [1.82, 2.24) is 19.2 Å². The normalized spacial score (nSPS) is 19.3. The van der Waals surface area contributed by atoms with Gasteiger partial charge in [-0.3, -0.25) is 4.90 Å². The summed E-state index contributed by atoms with van der Waals surface area (Å²) in [7, 11) is -1.90. The molecule has 0 saturated heterocycles. The molecule has 0 bridgehead atoms. The van der Waals surface area contributed by atoms with Crippen LogP contribution >= 0.6 is 0 Å². The summed E-state index contributed by atoms with van der Waals surface area (Å²) < 4.78 is 41.4. The highest BCUT2D eigenvalue weighted by Crippen LogP contribution is 2.36. The predicted molar refractivity (Wildman–Crippen MR) is 161 cm³/mol. The van der Waals surface area contributed by atoms with E-state index in [0.717, 1.165) is 28.2 Å². The number of nitrogens with zero attached hydrogens (tertiary/aromatic N) is 4. The summed E-state index contributed by atoms with van der Waals surface area (Å²) in [6.45, 7) is 4.87. The average Bonchev–Trinajstić information content (AvgIpc) is 3.00. The van der Waals surface area contributed by atoms with E-state index in [1.54, 1.807) is 37.5 Å². The molecule has 0 aliphatic carbocycles. The summed E-state index contributed by atoms with van der Waals surface area (Å²) in [5.41, 5.74) is 2.62. The van der Waals surface area contributed by atoms with Gasteiger partial charge in [-0.25, -0.2) is 18.4 Å². The zero-order valence-corrected chi connectivity index (χ0v) is 24.8. The lowest BCUT2D eigenvalue weighted by Gasteiger charge is -2.37. The van der Waals surface area contributed by atoms with Crippen molar-refractivity contribution in [3.63, 3.8) is 0 Å². The van der Waals surface area contributed by atoms with Gasteiger partial charge in [0.25, 0.3) is 0 Å². The lowest BCUT2D eigenvalue weighted by atomic mass is 10.0. The van der Waals surface area contributed by atoms with Crippen LogP contribution in [0.5, 0.6) is 17.2 Å². The molecule has 1 aromatic heterocycles. The lowest BCUT2D eigenvalue weighted by Crippen LogP contribution is -2.49. The number of aromatic nitrogens is 2. The van der Waals surface area contributed by atoms with Crippen LogP contribution in [0.25, 0.3) is 11.1 Å². The Hall–Kier alpha value is -3.83. The highest BCUT2D eigenvalue weighted by Gasteiger charge is 2.38. The number of hydrogen-bond donors (Lipinski definition) is 1. The smallest absolute Gasteiger partial charge is 0.247 e. The Morgan fingerprint density at radius 3 is 2.40 bits per heavy atom. The monoisotopic (exact) mass is 588 g/mol. The Labute approximate surface area is 247 Å². The largest absolute Gasteiger partial charge is 0.487 e. The fourth-order valence-corrected chi connectivity index (χ4v) is 6.87. The molecule has 3 atom stereocenters. The fraction of sp³-hybridized carbons (Fsp3) is 0.312. The molecule has 0 unspecified atom stereocenters. The number of ether oxygens (including phenoxy) is 2. The Bertz CT molecular complexity index is 1570. The van der Waals surface area contributed by atoms with Crippen molar-refractivity contribution in [1.29, 1.82) is 0 Å². The van der Waals surface area contributed by atoms with Gasteiger partial charge in [-0.05, 0) is 61.5 Å². The van der Waals surface area contributed by atoms with E-state index in [1.807, 2.05) is 68.6 Å². The first-order chi connectivity index (χ1) is 20.2. The van der Waals surface area contributed by atoms with Gasteiger partial charge in [-0.1, -0.05) is 43.3 Å². The Morgan fingerprint density at radius 1 is 1.02 bits per heavy atom. The number of sulfonamides is 1. The number of aliphatic hydroxyl groups is 1. The number of aliphatic hydroxyl groups excluding tert-OH is 1. The lowest BCUT2D eigenvalue weighted by molar-refractivity contribution is 0.0734. The minimum absolute atomic E-state index is 0.0805. The summed E-state index contributed by atoms with van der Waals surface area (Å²) in [6.07, 6.45) is 4.48. The molecular weight excluding hydrogens is 552 g/mol. The summed E-state index contributed by atoms with van der Waals surface area (Å²) in [6, 6.07) is 22.1. The molecule has 42 heavy (non-hydrogen) atoms. The van der Waals surface area contributed by atoms with Crippen LogP contribution in [0.1, 0.15) is 19.4 Å². The van der Waals surface area contributed by atoms with Gasteiger partial charge in [-0.2, -0.15) is 4.31 Å². The molecule has 0 amide bonds. The maximum absolute atomic E-state index is 13.8. The predicted octanol–water partition coefficient (Wildman–Crippen LogP) is 4.84. The maximum atomic E-state index is 13.8. The van der Waals surface area contributed by atoms with Gasteiger partial charge in [0.15, 0.2) is 0 Å². The Kier molecular flexibility index (Phi) is 9.18. The number of rotatable bonds is 9. The summed E-state index contributed by atoms with van der Waals surface area (Å²) in [5.74, 6) is 1.67. The zero-order valence-electron chi connectivity index (χ0n) is 24.0. The van der Waals surface area contributed by atoms with Gasteiger partial charge in [0.1, 0.15) is 34.6 Å². The quantitative estimate of drug-likeness (QED) is 0.296. The van der Waals surface area contributed by atoms with Crippen LogP contribution in [0.2, 0.25) is 0 Å². The first kappa shape index (κ1) is 29.7. The van der Waals surface area contributed by atoms with Crippen LogP contribution in [-0.2, 0) is 16.6 Å². The van der Waals surface area contributed by atoms with Crippen molar-refractivity contribution in [2.75, 3.05) is 26.7 Å². The number of fused-ring (bicyclic) bond motifs is 1. The first-order valence-electron chi connectivity index (χ1n) is 13.9. The van der Waals surface area contributed by atoms with Gasteiger partial charge in [0.2, 0.25) is 10.0 Å². The molecule has 5 rings (SSSR count). The van der Waals surface area contributed by atoms with E-state index in [2.05, 4.69) is 14.9 Å². The van der Waals surface area contributed by atoms with Crippen molar-refractivity contribution >= 4 is 10.0 Å². The third-order valence-corrected chi connectivity index (χ3v) is 9.43. The minimum atomic E-state index is -3.92. The molecule has 220 valence electrons. The third kappa shape index (κ3) is 6.79. The number of hydrogen-bond acceptors (Lipinski definition) is 8. The maximum Gasteiger partial charge on any atom is 0.247 e. The van der Waals surface area contributed by atoms with Crippen molar-refractivity contribution in [3.05, 3.63) is 97.1 Å². The topological polar surface area (TPSA) is 105 Å². The summed E-state index contributed by atoms with van der Waals surface area (Å²) in [5, 5.41) is 9.92. The Morgan fingerprint density at radius 2 is 1.71 bits per heavy atom. The van der Waals surface area contributed by atoms with Gasteiger partial charge in [0, 0.05) is 49.6 Å². The van der Waals surface area contributed by atoms with Gasteiger partial charge >= 0.3 is 0 Å². The molecular formula is C32H36N4O5S. The van der Waals surface area contributed by atoms with E-state index in [-0.39, 0.29) is 35.8 Å². The van der Waals surface area contributed by atoms with Gasteiger partial charge in [-0.15, -0.1) is 0 Å². The van der Waals surface area contributed by atoms with Crippen molar-refractivity contribution in [2.45, 2.75) is 37.4 Å². The van der Waals surface area contributed by atoms with Crippen LogP contribution in [0.4, 0.5) is 0 Å². The SMILES string of the molecule is C[C@@H]1CN([C@H](C)CO)S(=O)(=O)c2ccc(-c3cncnc3)cc2O[C@@H]1CN(C)Cc1ccc(Oc2ccccc2)cc1. The van der Waals surface area contributed by atoms with Gasteiger partial charge in [0.05, 0.1) is 6.61 Å². The molecule has 10 heteroatoms. The standard InChI is InChI=1S/C32H36N4O5S/c1-23-18-36(24(2)21-37)42(38,39)32-14-11-26(27-16-33-22-34-17-27)15-30(32)41-31(23)20-35(3)19-25-9-12-29(13-10-25)40-28-7-5-4-6-8-28/h4-17,22-24,31,37H,18-21H2,1-3H3/t23-,24-,31-/m1/s1. The zero-order chi connectivity index (χ0) is 29.7. The summed E-state index contributed by atoms with van der Waals surface area (Å²) >= 11 is 0. The molecule has 0 radical (unpaired) electrons. The molecule has 3 aromatic carbocycles. The second-order valence-electron chi connectivity index (χ2n) is 10.8. The average molecular weight is 589 g/mol. The van der Waals surface area contributed by atoms with E-state index in [4.69, 9.17) is 9.47 Å². The van der Waals surface area contributed by atoms with E-state index >= 15 is 0 Å². The van der Waals surface area contributed by atoms with E-state index in [1.165, 1.54) is 10.6 Å². The van der Waals surface area contributed by atoms with Crippen LogP contribution in [0.3, 0.4) is 0 Å². The van der Waals surface area contributed by atoms with E-state index in [9.17, 15) is 13.5 Å².